The van der Waals surface area contributed by atoms with Crippen molar-refractivity contribution in [3.8, 4) is 0 Å². The molecule has 4 heteroatoms. The van der Waals surface area contributed by atoms with Crippen LogP contribution in [0.3, 0.4) is 0 Å². The summed E-state index contributed by atoms with van der Waals surface area (Å²) in [6.07, 6.45) is 4.68. The minimum absolute atomic E-state index is 0.0543. The highest BCUT2D eigenvalue weighted by Crippen LogP contribution is 2.11. The Morgan fingerprint density at radius 2 is 2.29 bits per heavy atom. The van der Waals surface area contributed by atoms with E-state index in [0.717, 1.165) is 32.4 Å². The van der Waals surface area contributed by atoms with Gasteiger partial charge >= 0.3 is 0 Å². The van der Waals surface area contributed by atoms with Crippen molar-refractivity contribution in [3.63, 3.8) is 0 Å². The molecule has 0 aromatic rings. The summed E-state index contributed by atoms with van der Waals surface area (Å²) in [5.41, 5.74) is 0. The van der Waals surface area contributed by atoms with Crippen LogP contribution < -0.4 is 10.6 Å². The molecule has 14 heavy (non-hydrogen) atoms. The molecule has 0 bridgehead atoms. The highest BCUT2D eigenvalue weighted by molar-refractivity contribution is 5.82. The molecule has 2 heterocycles. The Balaban J connectivity index is 1.62. The van der Waals surface area contributed by atoms with Crippen molar-refractivity contribution in [2.45, 2.75) is 37.8 Å². The fourth-order valence-electron chi connectivity index (χ4n) is 1.82. The molecular formula is C10H18N2O2. The van der Waals surface area contributed by atoms with Crippen molar-refractivity contribution in [3.05, 3.63) is 0 Å². The molecule has 2 aliphatic rings. The molecule has 2 aliphatic heterocycles. The Morgan fingerprint density at radius 3 is 2.86 bits per heavy atom. The second-order valence-electron chi connectivity index (χ2n) is 4.03. The third kappa shape index (κ3) is 2.45. The normalized spacial score (nSPS) is 32.0. The van der Waals surface area contributed by atoms with Crippen molar-refractivity contribution in [1.29, 1.82) is 0 Å². The van der Waals surface area contributed by atoms with Crippen LogP contribution >= 0.6 is 0 Å². The SMILES string of the molecule is O=C(NCC1CCCCO1)C1CCN1. The van der Waals surface area contributed by atoms with Crippen LogP contribution in [0.15, 0.2) is 0 Å². The van der Waals surface area contributed by atoms with Crippen molar-refractivity contribution >= 4 is 5.91 Å². The van der Waals surface area contributed by atoms with Crippen molar-refractivity contribution in [1.82, 2.24) is 10.6 Å². The number of hydrogen-bond donors (Lipinski definition) is 2. The molecular weight excluding hydrogens is 180 g/mol. The van der Waals surface area contributed by atoms with Crippen molar-refractivity contribution < 1.29 is 9.53 Å². The number of carbonyl (C=O) groups excluding carboxylic acids is 1. The van der Waals surface area contributed by atoms with Crippen LogP contribution in [0.2, 0.25) is 0 Å². The summed E-state index contributed by atoms with van der Waals surface area (Å²) in [5, 5.41) is 6.01. The summed E-state index contributed by atoms with van der Waals surface area (Å²) < 4.78 is 5.52. The number of ether oxygens (including phenoxy) is 1. The lowest BCUT2D eigenvalue weighted by Crippen LogP contribution is -2.54. The average molecular weight is 198 g/mol. The molecule has 2 unspecified atom stereocenters. The van der Waals surface area contributed by atoms with Crippen LogP contribution in [-0.4, -0.2) is 37.7 Å². The van der Waals surface area contributed by atoms with Gasteiger partial charge in [0.05, 0.1) is 12.1 Å². The number of hydrogen-bond acceptors (Lipinski definition) is 3. The van der Waals surface area contributed by atoms with Crippen LogP contribution in [0.5, 0.6) is 0 Å². The predicted molar refractivity (Wildman–Crippen MR) is 53.0 cm³/mol. The van der Waals surface area contributed by atoms with Gasteiger partial charge in [-0.2, -0.15) is 0 Å². The first-order valence-electron chi connectivity index (χ1n) is 5.49. The highest BCUT2D eigenvalue weighted by atomic mass is 16.5. The van der Waals surface area contributed by atoms with Gasteiger partial charge in [-0.1, -0.05) is 0 Å². The lowest BCUT2D eigenvalue weighted by molar-refractivity contribution is -0.125. The van der Waals surface area contributed by atoms with E-state index < -0.39 is 0 Å². The van der Waals surface area contributed by atoms with E-state index >= 15 is 0 Å². The monoisotopic (exact) mass is 198 g/mol. The maximum absolute atomic E-state index is 11.4. The largest absolute Gasteiger partial charge is 0.376 e. The Labute approximate surface area is 84.4 Å². The lowest BCUT2D eigenvalue weighted by Gasteiger charge is -2.28. The second-order valence-corrected chi connectivity index (χ2v) is 4.03. The van der Waals surface area contributed by atoms with Crippen LogP contribution in [0, 0.1) is 0 Å². The molecule has 80 valence electrons. The molecule has 2 fully saturated rings. The Morgan fingerprint density at radius 1 is 1.43 bits per heavy atom. The smallest absolute Gasteiger partial charge is 0.237 e. The first-order chi connectivity index (χ1) is 6.86. The van der Waals surface area contributed by atoms with Crippen LogP contribution in [0.1, 0.15) is 25.7 Å². The third-order valence-corrected chi connectivity index (χ3v) is 2.92. The molecule has 2 N–H and O–H groups in total. The van der Waals surface area contributed by atoms with Crippen LogP contribution in [-0.2, 0) is 9.53 Å². The van der Waals surface area contributed by atoms with Gasteiger partial charge in [0.2, 0.25) is 5.91 Å². The zero-order valence-corrected chi connectivity index (χ0v) is 8.42. The third-order valence-electron chi connectivity index (χ3n) is 2.92. The summed E-state index contributed by atoms with van der Waals surface area (Å²) in [4.78, 5) is 11.4. The van der Waals surface area contributed by atoms with Crippen LogP contribution in [0.4, 0.5) is 0 Å². The molecule has 4 nitrogen and oxygen atoms in total. The highest BCUT2D eigenvalue weighted by Gasteiger charge is 2.25. The second kappa shape index (κ2) is 4.75. The summed E-state index contributed by atoms with van der Waals surface area (Å²) in [6.45, 7) is 2.50. The van der Waals surface area contributed by atoms with Gasteiger partial charge in [0.15, 0.2) is 0 Å². The van der Waals surface area contributed by atoms with E-state index in [1.807, 2.05) is 0 Å². The fourth-order valence-corrected chi connectivity index (χ4v) is 1.82. The minimum atomic E-state index is 0.0543. The number of amides is 1. The fraction of sp³-hybridized carbons (Fsp3) is 0.900. The molecule has 0 aromatic carbocycles. The molecule has 0 spiro atoms. The van der Waals surface area contributed by atoms with Crippen molar-refractivity contribution in [2.75, 3.05) is 19.7 Å². The average Bonchev–Trinajstić information content (AvgIpc) is 2.14. The zero-order valence-electron chi connectivity index (χ0n) is 8.42. The predicted octanol–water partition coefficient (Wildman–Crippen LogP) is 0.0336. The minimum Gasteiger partial charge on any atom is -0.376 e. The van der Waals surface area contributed by atoms with E-state index in [4.69, 9.17) is 4.74 Å². The van der Waals surface area contributed by atoms with E-state index in [1.54, 1.807) is 0 Å². The van der Waals surface area contributed by atoms with Crippen molar-refractivity contribution in [2.24, 2.45) is 0 Å². The standard InChI is InChI=1S/C10H18N2O2/c13-10(9-4-5-11-9)12-7-8-3-1-2-6-14-8/h8-9,11H,1-7H2,(H,12,13). The van der Waals surface area contributed by atoms with Gasteiger partial charge in [-0.25, -0.2) is 0 Å². The van der Waals surface area contributed by atoms with Crippen LogP contribution in [0.25, 0.3) is 0 Å². The molecule has 0 aliphatic carbocycles. The van der Waals surface area contributed by atoms with Gasteiger partial charge in [-0.15, -0.1) is 0 Å². The first-order valence-corrected chi connectivity index (χ1v) is 5.49. The maximum atomic E-state index is 11.4. The lowest BCUT2D eigenvalue weighted by atomic mass is 10.1. The van der Waals surface area contributed by atoms with Gasteiger partial charge in [-0.3, -0.25) is 4.79 Å². The number of nitrogens with one attached hydrogen (secondary N) is 2. The van der Waals surface area contributed by atoms with Gasteiger partial charge in [-0.05, 0) is 32.2 Å². The van der Waals surface area contributed by atoms with E-state index in [2.05, 4.69) is 10.6 Å². The summed E-state index contributed by atoms with van der Waals surface area (Å²) in [7, 11) is 0. The number of carbonyl (C=O) groups is 1. The topological polar surface area (TPSA) is 50.4 Å². The van der Waals surface area contributed by atoms with E-state index in [9.17, 15) is 4.79 Å². The van der Waals surface area contributed by atoms with E-state index in [0.29, 0.717) is 6.54 Å². The quantitative estimate of drug-likeness (QED) is 0.673. The molecule has 2 atom stereocenters. The van der Waals surface area contributed by atoms with E-state index in [-0.39, 0.29) is 18.1 Å². The maximum Gasteiger partial charge on any atom is 0.237 e. The van der Waals surface area contributed by atoms with E-state index in [1.165, 1.54) is 6.42 Å². The van der Waals surface area contributed by atoms with Gasteiger partial charge in [0.25, 0.3) is 0 Å². The molecule has 2 rings (SSSR count). The first kappa shape index (κ1) is 9.93. The molecule has 0 radical (unpaired) electrons. The Kier molecular flexibility index (Phi) is 3.37. The molecule has 0 aromatic heterocycles. The molecule has 0 saturated carbocycles. The Bertz CT molecular complexity index is 198. The van der Waals surface area contributed by atoms with Gasteiger partial charge in [0.1, 0.15) is 0 Å². The van der Waals surface area contributed by atoms with Gasteiger partial charge in [0, 0.05) is 13.2 Å². The molecule has 2 saturated heterocycles. The summed E-state index contributed by atoms with van der Waals surface area (Å²) in [5.74, 6) is 0.130. The molecule has 1 amide bonds. The number of rotatable bonds is 3. The summed E-state index contributed by atoms with van der Waals surface area (Å²) in [6, 6.07) is 0.0543. The Hall–Kier alpha value is -0.610. The van der Waals surface area contributed by atoms with Gasteiger partial charge < -0.3 is 15.4 Å². The summed E-state index contributed by atoms with van der Waals surface area (Å²) >= 11 is 0. The zero-order chi connectivity index (χ0) is 9.80.